The van der Waals surface area contributed by atoms with E-state index in [2.05, 4.69) is 0 Å². The second-order valence-electron chi connectivity index (χ2n) is 2.94. The van der Waals surface area contributed by atoms with Crippen molar-refractivity contribution >= 4 is 5.78 Å². The summed E-state index contributed by atoms with van der Waals surface area (Å²) in [5.74, 6) is 0.310. The SMILES string of the molecule is CCO/C(OC)=C(/C(=O)CC)N(C)C. The van der Waals surface area contributed by atoms with Gasteiger partial charge in [-0.3, -0.25) is 4.79 Å². The van der Waals surface area contributed by atoms with Gasteiger partial charge < -0.3 is 14.4 Å². The topological polar surface area (TPSA) is 38.8 Å². The molecule has 0 heterocycles. The maximum atomic E-state index is 11.6. The number of rotatable bonds is 6. The van der Waals surface area contributed by atoms with E-state index in [0.29, 0.717) is 24.7 Å². The summed E-state index contributed by atoms with van der Waals surface area (Å²) >= 11 is 0. The second-order valence-corrected chi connectivity index (χ2v) is 2.94. The fourth-order valence-corrected chi connectivity index (χ4v) is 1.07. The predicted octanol–water partition coefficient (Wildman–Crippen LogP) is 1.38. The average molecular weight is 201 g/mol. The van der Waals surface area contributed by atoms with E-state index in [0.717, 1.165) is 0 Å². The first-order valence-corrected chi connectivity index (χ1v) is 4.70. The van der Waals surface area contributed by atoms with Crippen molar-refractivity contribution < 1.29 is 14.3 Å². The summed E-state index contributed by atoms with van der Waals surface area (Å²) in [4.78, 5) is 13.3. The van der Waals surface area contributed by atoms with Gasteiger partial charge in [0, 0.05) is 20.5 Å². The Balaban J connectivity index is 4.98. The molecule has 0 N–H and O–H groups in total. The Bertz CT molecular complexity index is 221. The summed E-state index contributed by atoms with van der Waals surface area (Å²) in [6.07, 6.45) is 0.438. The normalized spacial score (nSPS) is 11.8. The van der Waals surface area contributed by atoms with E-state index in [1.165, 1.54) is 7.11 Å². The van der Waals surface area contributed by atoms with Gasteiger partial charge in [0.25, 0.3) is 0 Å². The van der Waals surface area contributed by atoms with Gasteiger partial charge in [0.1, 0.15) is 0 Å². The van der Waals surface area contributed by atoms with Crippen molar-refractivity contribution in [2.24, 2.45) is 0 Å². The summed E-state index contributed by atoms with van der Waals surface area (Å²) < 4.78 is 10.3. The molecule has 0 rings (SSSR count). The van der Waals surface area contributed by atoms with E-state index < -0.39 is 0 Å². The maximum absolute atomic E-state index is 11.6. The molecule has 82 valence electrons. The molecule has 0 saturated carbocycles. The molecule has 0 fully saturated rings. The lowest BCUT2D eigenvalue weighted by molar-refractivity contribution is -0.117. The highest BCUT2D eigenvalue weighted by Gasteiger charge is 2.18. The van der Waals surface area contributed by atoms with Crippen molar-refractivity contribution in [2.75, 3.05) is 27.8 Å². The number of ether oxygens (including phenoxy) is 2. The molecule has 0 aliphatic heterocycles. The number of Topliss-reactive ketones (excluding diaryl/α,β-unsaturated/α-hetero) is 1. The van der Waals surface area contributed by atoms with Crippen LogP contribution >= 0.6 is 0 Å². The van der Waals surface area contributed by atoms with E-state index in [4.69, 9.17) is 9.47 Å². The molecular weight excluding hydrogens is 182 g/mol. The first kappa shape index (κ1) is 12.8. The van der Waals surface area contributed by atoms with Crippen LogP contribution in [0.3, 0.4) is 0 Å². The molecule has 0 amide bonds. The molecule has 14 heavy (non-hydrogen) atoms. The van der Waals surface area contributed by atoms with Crippen molar-refractivity contribution in [3.63, 3.8) is 0 Å². The van der Waals surface area contributed by atoms with Crippen LogP contribution in [-0.2, 0) is 14.3 Å². The van der Waals surface area contributed by atoms with Crippen LogP contribution in [0.5, 0.6) is 0 Å². The molecular formula is C10H19NO3. The van der Waals surface area contributed by atoms with Crippen molar-refractivity contribution in [3.8, 4) is 0 Å². The van der Waals surface area contributed by atoms with E-state index >= 15 is 0 Å². The minimum Gasteiger partial charge on any atom is -0.467 e. The van der Waals surface area contributed by atoms with E-state index in [9.17, 15) is 4.79 Å². The van der Waals surface area contributed by atoms with Crippen LogP contribution in [-0.4, -0.2) is 38.5 Å². The van der Waals surface area contributed by atoms with Crippen LogP contribution in [0, 0.1) is 0 Å². The maximum Gasteiger partial charge on any atom is 0.307 e. The van der Waals surface area contributed by atoms with Crippen LogP contribution in [0.15, 0.2) is 11.6 Å². The number of hydrogen-bond donors (Lipinski definition) is 0. The molecule has 4 heteroatoms. The van der Waals surface area contributed by atoms with E-state index in [-0.39, 0.29) is 5.78 Å². The van der Waals surface area contributed by atoms with Gasteiger partial charge in [-0.15, -0.1) is 0 Å². The van der Waals surface area contributed by atoms with Gasteiger partial charge in [-0.1, -0.05) is 6.92 Å². The fourth-order valence-electron chi connectivity index (χ4n) is 1.07. The van der Waals surface area contributed by atoms with Gasteiger partial charge >= 0.3 is 5.95 Å². The first-order valence-electron chi connectivity index (χ1n) is 4.70. The molecule has 0 aromatic rings. The predicted molar refractivity (Wildman–Crippen MR) is 54.6 cm³/mol. The Labute approximate surface area is 85.5 Å². The Morgan fingerprint density at radius 3 is 2.14 bits per heavy atom. The lowest BCUT2D eigenvalue weighted by Crippen LogP contribution is -2.22. The third-order valence-electron chi connectivity index (χ3n) is 1.69. The molecule has 0 aromatic carbocycles. The van der Waals surface area contributed by atoms with Crippen molar-refractivity contribution in [2.45, 2.75) is 20.3 Å². The molecule has 0 bridgehead atoms. The number of nitrogens with zero attached hydrogens (tertiary/aromatic N) is 1. The lowest BCUT2D eigenvalue weighted by Gasteiger charge is -2.18. The Morgan fingerprint density at radius 1 is 1.29 bits per heavy atom. The second kappa shape index (κ2) is 6.29. The van der Waals surface area contributed by atoms with Crippen molar-refractivity contribution in [3.05, 3.63) is 11.6 Å². The summed E-state index contributed by atoms with van der Waals surface area (Å²) in [7, 11) is 5.08. The molecule has 0 atom stereocenters. The van der Waals surface area contributed by atoms with Gasteiger partial charge in [0.15, 0.2) is 11.5 Å². The van der Waals surface area contributed by atoms with Gasteiger partial charge in [-0.05, 0) is 6.92 Å². The van der Waals surface area contributed by atoms with Crippen LogP contribution in [0.1, 0.15) is 20.3 Å². The Hall–Kier alpha value is -1.19. The molecule has 0 aliphatic rings. The Kier molecular flexibility index (Phi) is 5.76. The summed E-state index contributed by atoms with van der Waals surface area (Å²) in [6.45, 7) is 4.14. The molecule has 0 aromatic heterocycles. The van der Waals surface area contributed by atoms with Crippen LogP contribution in [0.4, 0.5) is 0 Å². The van der Waals surface area contributed by atoms with Gasteiger partial charge in [0.2, 0.25) is 0 Å². The average Bonchev–Trinajstić information content (AvgIpc) is 2.16. The number of methoxy groups -OCH3 is 1. The van der Waals surface area contributed by atoms with Crippen LogP contribution in [0.25, 0.3) is 0 Å². The van der Waals surface area contributed by atoms with E-state index in [1.807, 2.05) is 13.8 Å². The van der Waals surface area contributed by atoms with Crippen LogP contribution in [0.2, 0.25) is 0 Å². The highest BCUT2D eigenvalue weighted by atomic mass is 16.7. The summed E-state index contributed by atoms with van der Waals surface area (Å²) in [6, 6.07) is 0. The smallest absolute Gasteiger partial charge is 0.307 e. The number of likely N-dealkylation sites (N-methyl/N-ethyl adjacent to an activating group) is 1. The lowest BCUT2D eigenvalue weighted by atomic mass is 10.2. The molecule has 0 saturated heterocycles. The van der Waals surface area contributed by atoms with Gasteiger partial charge in [0.05, 0.1) is 13.7 Å². The zero-order valence-corrected chi connectivity index (χ0v) is 9.59. The molecule has 4 nitrogen and oxygen atoms in total. The first-order chi connectivity index (χ1) is 6.58. The van der Waals surface area contributed by atoms with Crippen molar-refractivity contribution in [1.29, 1.82) is 0 Å². The Morgan fingerprint density at radius 2 is 1.86 bits per heavy atom. The molecule has 0 spiro atoms. The summed E-state index contributed by atoms with van der Waals surface area (Å²) in [5.41, 5.74) is 0.483. The molecule has 0 aliphatic carbocycles. The monoisotopic (exact) mass is 201 g/mol. The highest BCUT2D eigenvalue weighted by Crippen LogP contribution is 2.12. The standard InChI is InChI=1S/C10H19NO3/c1-6-8(12)9(11(3)4)10(13-5)14-7-2/h6-7H2,1-5H3/b10-9-. The molecule has 0 radical (unpaired) electrons. The number of allylic oxidation sites excluding steroid dienone is 1. The quantitative estimate of drug-likeness (QED) is 0.480. The van der Waals surface area contributed by atoms with Crippen LogP contribution < -0.4 is 0 Å². The number of carbonyl (C=O) groups excluding carboxylic acids is 1. The minimum atomic E-state index is 0.0142. The number of hydrogen-bond acceptors (Lipinski definition) is 4. The van der Waals surface area contributed by atoms with Crippen molar-refractivity contribution in [1.82, 2.24) is 4.90 Å². The highest BCUT2D eigenvalue weighted by molar-refractivity contribution is 5.94. The van der Waals surface area contributed by atoms with E-state index in [1.54, 1.807) is 19.0 Å². The summed E-state index contributed by atoms with van der Waals surface area (Å²) in [5, 5.41) is 0. The number of carbonyl (C=O) groups is 1. The zero-order chi connectivity index (χ0) is 11.1. The van der Waals surface area contributed by atoms with Gasteiger partial charge in [-0.25, -0.2) is 0 Å². The molecule has 0 unspecified atom stereocenters. The fraction of sp³-hybridized carbons (Fsp3) is 0.700. The third-order valence-corrected chi connectivity index (χ3v) is 1.69. The number of ketones is 1. The largest absolute Gasteiger partial charge is 0.467 e. The third kappa shape index (κ3) is 3.28. The zero-order valence-electron chi connectivity index (χ0n) is 9.59. The van der Waals surface area contributed by atoms with Gasteiger partial charge in [-0.2, -0.15) is 0 Å². The minimum absolute atomic E-state index is 0.0142.